The summed E-state index contributed by atoms with van der Waals surface area (Å²) in [5.74, 6) is 0.731. The summed E-state index contributed by atoms with van der Waals surface area (Å²) in [5.41, 5.74) is 6.60. The van der Waals surface area contributed by atoms with Crippen molar-refractivity contribution in [3.05, 3.63) is 46.4 Å². The second kappa shape index (κ2) is 5.74. The fourth-order valence-electron chi connectivity index (χ4n) is 1.42. The third-order valence-electron chi connectivity index (χ3n) is 2.33. The van der Waals surface area contributed by atoms with E-state index in [1.54, 1.807) is 25.3 Å². The van der Waals surface area contributed by atoms with Crippen LogP contribution in [0.2, 0.25) is 10.0 Å². The molecule has 0 atom stereocenters. The number of ether oxygens (including phenoxy) is 1. The Hall–Kier alpha value is -1.03. The molecular formula is C13H11Cl2NOS. The van der Waals surface area contributed by atoms with Crippen molar-refractivity contribution in [3.63, 3.8) is 0 Å². The third kappa shape index (κ3) is 3.05. The quantitative estimate of drug-likeness (QED) is 0.832. The van der Waals surface area contributed by atoms with Gasteiger partial charge in [-0.2, -0.15) is 0 Å². The molecule has 18 heavy (non-hydrogen) atoms. The largest absolute Gasteiger partial charge is 0.497 e. The van der Waals surface area contributed by atoms with E-state index in [1.807, 2.05) is 18.2 Å². The molecule has 0 unspecified atom stereocenters. The Kier molecular flexibility index (Phi) is 4.27. The van der Waals surface area contributed by atoms with Crippen LogP contribution in [0.15, 0.2) is 46.2 Å². The minimum atomic E-state index is 0.647. The molecule has 0 radical (unpaired) electrons. The smallest absolute Gasteiger partial charge is 0.120 e. The van der Waals surface area contributed by atoms with Crippen LogP contribution in [0.25, 0.3) is 0 Å². The fourth-order valence-corrected chi connectivity index (χ4v) is 2.79. The van der Waals surface area contributed by atoms with Crippen molar-refractivity contribution in [1.82, 2.24) is 0 Å². The van der Waals surface area contributed by atoms with Crippen LogP contribution in [0.1, 0.15) is 0 Å². The molecule has 94 valence electrons. The van der Waals surface area contributed by atoms with E-state index in [2.05, 4.69) is 0 Å². The molecule has 0 saturated carbocycles. The Balaban J connectivity index is 2.31. The van der Waals surface area contributed by atoms with Crippen molar-refractivity contribution >= 4 is 40.7 Å². The Morgan fingerprint density at radius 2 is 1.83 bits per heavy atom. The van der Waals surface area contributed by atoms with Gasteiger partial charge in [0.15, 0.2) is 0 Å². The summed E-state index contributed by atoms with van der Waals surface area (Å²) < 4.78 is 5.11. The van der Waals surface area contributed by atoms with E-state index in [0.717, 1.165) is 15.5 Å². The predicted octanol–water partition coefficient (Wildman–Crippen LogP) is 4.74. The molecule has 0 bridgehead atoms. The third-order valence-corrected chi connectivity index (χ3v) is 4.16. The molecule has 0 aliphatic carbocycles. The molecule has 0 aliphatic rings. The van der Waals surface area contributed by atoms with Crippen molar-refractivity contribution in [2.45, 2.75) is 9.79 Å². The normalized spacial score (nSPS) is 10.4. The molecule has 0 fully saturated rings. The number of anilines is 1. The van der Waals surface area contributed by atoms with Gasteiger partial charge in [-0.15, -0.1) is 0 Å². The zero-order chi connectivity index (χ0) is 13.1. The zero-order valence-corrected chi connectivity index (χ0v) is 11.9. The van der Waals surface area contributed by atoms with Gasteiger partial charge in [-0.3, -0.25) is 0 Å². The summed E-state index contributed by atoms with van der Waals surface area (Å²) in [4.78, 5) is 1.79. The van der Waals surface area contributed by atoms with Gasteiger partial charge in [-0.25, -0.2) is 0 Å². The Morgan fingerprint density at radius 3 is 2.50 bits per heavy atom. The first-order valence-corrected chi connectivity index (χ1v) is 6.74. The lowest BCUT2D eigenvalue weighted by atomic mass is 10.3. The summed E-state index contributed by atoms with van der Waals surface area (Å²) in [7, 11) is 1.61. The Labute approximate surface area is 120 Å². The monoisotopic (exact) mass is 299 g/mol. The van der Waals surface area contributed by atoms with Crippen LogP contribution in [0, 0.1) is 0 Å². The predicted molar refractivity (Wildman–Crippen MR) is 78.0 cm³/mol. The van der Waals surface area contributed by atoms with Crippen molar-refractivity contribution in [2.24, 2.45) is 0 Å². The number of halogens is 2. The molecule has 2 aromatic carbocycles. The Morgan fingerprint density at radius 1 is 1.06 bits per heavy atom. The van der Waals surface area contributed by atoms with E-state index in [1.165, 1.54) is 11.8 Å². The van der Waals surface area contributed by atoms with E-state index < -0.39 is 0 Å². The van der Waals surface area contributed by atoms with Crippen LogP contribution in [0.5, 0.6) is 5.75 Å². The molecule has 0 spiro atoms. The fraction of sp³-hybridized carbons (Fsp3) is 0.0769. The second-order valence-electron chi connectivity index (χ2n) is 3.58. The van der Waals surface area contributed by atoms with E-state index >= 15 is 0 Å². The maximum Gasteiger partial charge on any atom is 0.120 e. The highest BCUT2D eigenvalue weighted by Gasteiger charge is 2.07. The number of rotatable bonds is 3. The summed E-state index contributed by atoms with van der Waals surface area (Å²) >= 11 is 13.5. The van der Waals surface area contributed by atoms with Crippen molar-refractivity contribution in [2.75, 3.05) is 12.8 Å². The number of benzene rings is 2. The molecule has 2 aromatic rings. The lowest BCUT2D eigenvalue weighted by molar-refractivity contribution is 0.415. The number of nitrogen functional groups attached to an aromatic ring is 1. The second-order valence-corrected chi connectivity index (χ2v) is 5.51. The molecule has 0 aromatic heterocycles. The zero-order valence-electron chi connectivity index (χ0n) is 9.61. The van der Waals surface area contributed by atoms with Gasteiger partial charge in [-0.05, 0) is 30.3 Å². The Bertz CT molecular complexity index is 575. The molecule has 0 aliphatic heterocycles. The average Bonchev–Trinajstić information content (AvgIpc) is 2.36. The van der Waals surface area contributed by atoms with E-state index in [0.29, 0.717) is 15.7 Å². The lowest BCUT2D eigenvalue weighted by Crippen LogP contribution is -1.90. The van der Waals surface area contributed by atoms with Crippen molar-refractivity contribution in [3.8, 4) is 5.75 Å². The van der Waals surface area contributed by atoms with Gasteiger partial charge in [0.2, 0.25) is 0 Å². The lowest BCUT2D eigenvalue weighted by Gasteiger charge is -2.09. The van der Waals surface area contributed by atoms with Crippen LogP contribution >= 0.6 is 35.0 Å². The number of hydrogen-bond acceptors (Lipinski definition) is 3. The molecular weight excluding hydrogens is 289 g/mol. The van der Waals surface area contributed by atoms with Gasteiger partial charge >= 0.3 is 0 Å². The van der Waals surface area contributed by atoms with E-state index in [9.17, 15) is 0 Å². The molecule has 0 heterocycles. The van der Waals surface area contributed by atoms with Crippen LogP contribution in [0.3, 0.4) is 0 Å². The van der Waals surface area contributed by atoms with Gasteiger partial charge in [0, 0.05) is 26.6 Å². The standard InChI is InChI=1S/C13H11Cl2NOS/c1-17-9-3-5-12(11(16)7-9)18-13-6-8(14)2-4-10(13)15/h2-7H,16H2,1H3. The van der Waals surface area contributed by atoms with Gasteiger partial charge in [0.25, 0.3) is 0 Å². The minimum Gasteiger partial charge on any atom is -0.497 e. The topological polar surface area (TPSA) is 35.2 Å². The first-order chi connectivity index (χ1) is 8.60. The van der Waals surface area contributed by atoms with Gasteiger partial charge in [0.05, 0.1) is 12.1 Å². The number of hydrogen-bond donors (Lipinski definition) is 1. The van der Waals surface area contributed by atoms with Crippen LogP contribution in [0.4, 0.5) is 5.69 Å². The molecule has 0 amide bonds. The molecule has 2 nitrogen and oxygen atoms in total. The summed E-state index contributed by atoms with van der Waals surface area (Å²) in [6.45, 7) is 0. The molecule has 2 rings (SSSR count). The van der Waals surface area contributed by atoms with Crippen LogP contribution in [-0.2, 0) is 0 Å². The molecule has 0 saturated heterocycles. The SMILES string of the molecule is COc1ccc(Sc2cc(Cl)ccc2Cl)c(N)c1. The molecule has 2 N–H and O–H groups in total. The summed E-state index contributed by atoms with van der Waals surface area (Å²) in [6, 6.07) is 10.9. The van der Waals surface area contributed by atoms with Crippen molar-refractivity contribution in [1.29, 1.82) is 0 Å². The van der Waals surface area contributed by atoms with Crippen molar-refractivity contribution < 1.29 is 4.74 Å². The first kappa shape index (κ1) is 13.4. The highest BCUT2D eigenvalue weighted by molar-refractivity contribution is 7.99. The van der Waals surface area contributed by atoms with Gasteiger partial charge in [0.1, 0.15) is 5.75 Å². The summed E-state index contributed by atoms with van der Waals surface area (Å²) in [6.07, 6.45) is 0. The van der Waals surface area contributed by atoms with Gasteiger partial charge < -0.3 is 10.5 Å². The highest BCUT2D eigenvalue weighted by atomic mass is 35.5. The maximum absolute atomic E-state index is 6.11. The number of nitrogens with two attached hydrogens (primary N) is 1. The minimum absolute atomic E-state index is 0.647. The first-order valence-electron chi connectivity index (χ1n) is 5.16. The summed E-state index contributed by atoms with van der Waals surface area (Å²) in [5, 5.41) is 1.30. The van der Waals surface area contributed by atoms with Crippen LogP contribution in [-0.4, -0.2) is 7.11 Å². The van der Waals surface area contributed by atoms with E-state index in [-0.39, 0.29) is 0 Å². The van der Waals surface area contributed by atoms with Crippen LogP contribution < -0.4 is 10.5 Å². The molecule has 5 heteroatoms. The highest BCUT2D eigenvalue weighted by Crippen LogP contribution is 2.38. The van der Waals surface area contributed by atoms with Gasteiger partial charge in [-0.1, -0.05) is 35.0 Å². The number of methoxy groups -OCH3 is 1. The van der Waals surface area contributed by atoms with E-state index in [4.69, 9.17) is 33.7 Å². The maximum atomic E-state index is 6.11. The average molecular weight is 300 g/mol.